The van der Waals surface area contributed by atoms with E-state index in [1.165, 1.54) is 0 Å². The number of rotatable bonds is 5. The van der Waals surface area contributed by atoms with Crippen LogP contribution in [0.25, 0.3) is 0 Å². The van der Waals surface area contributed by atoms with Gasteiger partial charge < -0.3 is 4.74 Å². The first-order chi connectivity index (χ1) is 7.19. The van der Waals surface area contributed by atoms with Crippen LogP contribution in [0.2, 0.25) is 0 Å². The highest BCUT2D eigenvalue weighted by atomic mass is 35.5. The predicted molar refractivity (Wildman–Crippen MR) is 61.7 cm³/mol. The molecular weight excluding hydrogens is 212 g/mol. The second-order valence-electron chi connectivity index (χ2n) is 3.05. The first-order valence-corrected chi connectivity index (χ1v) is 5.13. The summed E-state index contributed by atoms with van der Waals surface area (Å²) >= 11 is 5.39. The number of hydrogen-bond donors (Lipinski definition) is 0. The van der Waals surface area contributed by atoms with E-state index in [0.717, 1.165) is 17.7 Å². The van der Waals surface area contributed by atoms with Crippen LogP contribution in [0, 0.1) is 0 Å². The Bertz CT molecular complexity index is 372. The van der Waals surface area contributed by atoms with Crippen molar-refractivity contribution in [1.82, 2.24) is 0 Å². The Balaban J connectivity index is 2.97. The lowest BCUT2D eigenvalue weighted by molar-refractivity contribution is 0.108. The van der Waals surface area contributed by atoms with E-state index in [-0.39, 0.29) is 0 Å². The largest absolute Gasteiger partial charge is 0.489 e. The van der Waals surface area contributed by atoms with Gasteiger partial charge in [0, 0.05) is 5.56 Å². The molecule has 0 atom stereocenters. The molecule has 0 unspecified atom stereocenters. The number of ether oxygens (including phenoxy) is 1. The Kier molecular flexibility index (Phi) is 4.37. The minimum atomic E-state index is -0.444. The van der Waals surface area contributed by atoms with Gasteiger partial charge in [0.1, 0.15) is 12.4 Å². The van der Waals surface area contributed by atoms with E-state index in [9.17, 15) is 4.79 Å². The lowest BCUT2D eigenvalue weighted by Gasteiger charge is -2.09. The second kappa shape index (κ2) is 5.56. The summed E-state index contributed by atoms with van der Waals surface area (Å²) in [5.41, 5.74) is 1.47. The number of halogens is 1. The molecule has 0 heterocycles. The zero-order valence-electron chi connectivity index (χ0n) is 8.63. The Labute approximate surface area is 94.5 Å². The number of aryl methyl sites for hydroxylation is 1. The smallest absolute Gasteiger partial charge is 0.252 e. The first kappa shape index (κ1) is 11.8. The molecule has 0 saturated heterocycles. The third-order valence-electron chi connectivity index (χ3n) is 2.03. The SMILES string of the molecule is C=CCOc1ccc(C(=O)Cl)cc1CC. The third-order valence-corrected chi connectivity index (χ3v) is 2.24. The van der Waals surface area contributed by atoms with E-state index in [1.807, 2.05) is 6.92 Å². The second-order valence-corrected chi connectivity index (χ2v) is 3.39. The average molecular weight is 225 g/mol. The summed E-state index contributed by atoms with van der Waals surface area (Å²) in [7, 11) is 0. The standard InChI is InChI=1S/C12H13ClO2/c1-3-7-15-11-6-5-10(12(13)14)8-9(11)4-2/h3,5-6,8H,1,4,7H2,2H3. The summed E-state index contributed by atoms with van der Waals surface area (Å²) in [5, 5.41) is -0.444. The average Bonchev–Trinajstić information content (AvgIpc) is 2.25. The van der Waals surface area contributed by atoms with Crippen LogP contribution in [-0.4, -0.2) is 11.8 Å². The molecule has 0 bridgehead atoms. The predicted octanol–water partition coefficient (Wildman–Crippen LogP) is 3.19. The fraction of sp³-hybridized carbons (Fsp3) is 0.250. The Morgan fingerprint density at radius 3 is 2.87 bits per heavy atom. The molecular formula is C12H13ClO2. The van der Waals surface area contributed by atoms with Gasteiger partial charge in [-0.3, -0.25) is 4.79 Å². The number of benzene rings is 1. The van der Waals surface area contributed by atoms with Crippen LogP contribution in [0.3, 0.4) is 0 Å². The quantitative estimate of drug-likeness (QED) is 0.567. The van der Waals surface area contributed by atoms with Gasteiger partial charge in [0.05, 0.1) is 0 Å². The molecule has 0 spiro atoms. The van der Waals surface area contributed by atoms with Crippen LogP contribution >= 0.6 is 11.6 Å². The number of carbonyl (C=O) groups excluding carboxylic acids is 1. The molecule has 0 saturated carbocycles. The van der Waals surface area contributed by atoms with Gasteiger partial charge in [-0.1, -0.05) is 19.6 Å². The molecule has 0 N–H and O–H groups in total. The van der Waals surface area contributed by atoms with Crippen LogP contribution in [0.15, 0.2) is 30.9 Å². The molecule has 15 heavy (non-hydrogen) atoms. The molecule has 0 amide bonds. The summed E-state index contributed by atoms with van der Waals surface area (Å²) < 4.78 is 5.44. The highest BCUT2D eigenvalue weighted by Crippen LogP contribution is 2.21. The van der Waals surface area contributed by atoms with Gasteiger partial charge >= 0.3 is 0 Å². The molecule has 1 rings (SSSR count). The molecule has 0 aliphatic heterocycles. The van der Waals surface area contributed by atoms with Gasteiger partial charge in [-0.05, 0) is 41.8 Å². The summed E-state index contributed by atoms with van der Waals surface area (Å²) in [6.45, 7) is 6.03. The molecule has 1 aromatic carbocycles. The monoisotopic (exact) mass is 224 g/mol. The molecule has 80 valence electrons. The molecule has 0 fully saturated rings. The van der Waals surface area contributed by atoms with E-state index in [4.69, 9.17) is 16.3 Å². The van der Waals surface area contributed by atoms with Gasteiger partial charge in [0.15, 0.2) is 0 Å². The Hall–Kier alpha value is -1.28. The molecule has 0 aliphatic carbocycles. The van der Waals surface area contributed by atoms with Crippen molar-refractivity contribution >= 4 is 16.8 Å². The van der Waals surface area contributed by atoms with Crippen LogP contribution in [-0.2, 0) is 6.42 Å². The van der Waals surface area contributed by atoms with Gasteiger partial charge in [0.25, 0.3) is 5.24 Å². The maximum atomic E-state index is 10.9. The van der Waals surface area contributed by atoms with E-state index >= 15 is 0 Å². The van der Waals surface area contributed by atoms with Crippen molar-refractivity contribution in [2.24, 2.45) is 0 Å². The summed E-state index contributed by atoms with van der Waals surface area (Å²) in [6, 6.07) is 5.18. The fourth-order valence-corrected chi connectivity index (χ4v) is 1.39. The van der Waals surface area contributed by atoms with E-state index in [0.29, 0.717) is 12.2 Å². The van der Waals surface area contributed by atoms with Crippen molar-refractivity contribution in [1.29, 1.82) is 0 Å². The maximum Gasteiger partial charge on any atom is 0.252 e. The minimum Gasteiger partial charge on any atom is -0.489 e. The van der Waals surface area contributed by atoms with Gasteiger partial charge in [-0.2, -0.15) is 0 Å². The number of hydrogen-bond acceptors (Lipinski definition) is 2. The van der Waals surface area contributed by atoms with Crippen LogP contribution in [0.4, 0.5) is 0 Å². The van der Waals surface area contributed by atoms with E-state index < -0.39 is 5.24 Å². The first-order valence-electron chi connectivity index (χ1n) is 4.75. The van der Waals surface area contributed by atoms with Crippen LogP contribution in [0.1, 0.15) is 22.8 Å². The normalized spacial score (nSPS) is 9.73. The van der Waals surface area contributed by atoms with Crippen molar-refractivity contribution in [3.05, 3.63) is 42.0 Å². The minimum absolute atomic E-state index is 0.444. The Morgan fingerprint density at radius 1 is 1.60 bits per heavy atom. The van der Waals surface area contributed by atoms with Crippen molar-refractivity contribution < 1.29 is 9.53 Å². The zero-order valence-corrected chi connectivity index (χ0v) is 9.38. The van der Waals surface area contributed by atoms with Crippen molar-refractivity contribution in [3.63, 3.8) is 0 Å². The number of carbonyl (C=O) groups is 1. The molecule has 0 aliphatic rings. The molecule has 0 aromatic heterocycles. The summed E-state index contributed by atoms with van der Waals surface area (Å²) in [6.07, 6.45) is 2.48. The molecule has 1 aromatic rings. The third kappa shape index (κ3) is 3.10. The van der Waals surface area contributed by atoms with Gasteiger partial charge in [-0.25, -0.2) is 0 Å². The lowest BCUT2D eigenvalue weighted by Crippen LogP contribution is -1.99. The maximum absolute atomic E-state index is 10.9. The zero-order chi connectivity index (χ0) is 11.3. The summed E-state index contributed by atoms with van der Waals surface area (Å²) in [4.78, 5) is 10.9. The van der Waals surface area contributed by atoms with E-state index in [1.54, 1.807) is 24.3 Å². The van der Waals surface area contributed by atoms with Crippen LogP contribution < -0.4 is 4.74 Å². The molecule has 2 nitrogen and oxygen atoms in total. The van der Waals surface area contributed by atoms with Crippen molar-refractivity contribution in [3.8, 4) is 5.75 Å². The summed E-state index contributed by atoms with van der Waals surface area (Å²) in [5.74, 6) is 0.777. The van der Waals surface area contributed by atoms with E-state index in [2.05, 4.69) is 6.58 Å². The lowest BCUT2D eigenvalue weighted by atomic mass is 10.1. The topological polar surface area (TPSA) is 26.3 Å². The molecule has 3 heteroatoms. The fourth-order valence-electron chi connectivity index (χ4n) is 1.27. The Morgan fingerprint density at radius 2 is 2.33 bits per heavy atom. The van der Waals surface area contributed by atoms with Gasteiger partial charge in [-0.15, -0.1) is 0 Å². The van der Waals surface area contributed by atoms with Crippen LogP contribution in [0.5, 0.6) is 5.75 Å². The highest BCUT2D eigenvalue weighted by Gasteiger charge is 2.07. The highest BCUT2D eigenvalue weighted by molar-refractivity contribution is 6.67. The van der Waals surface area contributed by atoms with Crippen molar-refractivity contribution in [2.75, 3.05) is 6.61 Å². The van der Waals surface area contributed by atoms with Crippen molar-refractivity contribution in [2.45, 2.75) is 13.3 Å². The van der Waals surface area contributed by atoms with Gasteiger partial charge in [0.2, 0.25) is 0 Å². The molecule has 0 radical (unpaired) electrons.